The van der Waals surface area contributed by atoms with Gasteiger partial charge >= 0.3 is 11.9 Å². The molecule has 1 heterocycles. The minimum absolute atomic E-state index is 0.0910. The third-order valence-electron chi connectivity index (χ3n) is 3.82. The van der Waals surface area contributed by atoms with Crippen LogP contribution in [0.1, 0.15) is 21.5 Å². The number of esters is 2. The smallest absolute Gasteiger partial charge is 0.355 e. The molecule has 2 aromatic carbocycles. The van der Waals surface area contributed by atoms with E-state index < -0.39 is 24.0 Å². The van der Waals surface area contributed by atoms with Crippen molar-refractivity contribution in [2.45, 2.75) is 20.1 Å². The molecule has 1 aliphatic heterocycles. The maximum atomic E-state index is 13.7. The van der Waals surface area contributed by atoms with Crippen LogP contribution in [0.2, 0.25) is 0 Å². The second-order valence-electron chi connectivity index (χ2n) is 5.79. The number of rotatable bonds is 4. The molecule has 0 spiro atoms. The first-order valence-electron chi connectivity index (χ1n) is 7.77. The topological polar surface area (TPSA) is 64.6 Å². The molecule has 0 aromatic heterocycles. The average Bonchev–Trinajstić information content (AvgIpc) is 2.85. The van der Waals surface area contributed by atoms with Gasteiger partial charge in [0, 0.05) is 5.69 Å². The monoisotopic (exact) mass is 375 g/mol. The van der Waals surface area contributed by atoms with E-state index in [9.17, 15) is 14.0 Å². The summed E-state index contributed by atoms with van der Waals surface area (Å²) < 4.78 is 23.9. The van der Waals surface area contributed by atoms with Crippen molar-refractivity contribution in [3.8, 4) is 0 Å². The number of carbonyl (C=O) groups excluding carboxylic acids is 2. The Labute approximate surface area is 154 Å². The van der Waals surface area contributed by atoms with Gasteiger partial charge in [0.05, 0.1) is 5.56 Å². The summed E-state index contributed by atoms with van der Waals surface area (Å²) >= 11 is 5.99. The van der Waals surface area contributed by atoms with Gasteiger partial charge in [-0.05, 0) is 37.6 Å². The number of hydrogen-bond donors (Lipinski definition) is 1. The van der Waals surface area contributed by atoms with Gasteiger partial charge in [0.15, 0.2) is 5.03 Å². The standard InChI is InChI=1S/C19H15ClFNO4/c1-10-7-8-14(11(2)9-10)22-16-15(20)18(24)26-19(16)25-17(23)12-5-3-4-6-13(12)21/h3-9,19,22H,1-2H3. The zero-order valence-electron chi connectivity index (χ0n) is 14.0. The Morgan fingerprint density at radius 2 is 1.96 bits per heavy atom. The van der Waals surface area contributed by atoms with E-state index in [-0.39, 0.29) is 16.3 Å². The van der Waals surface area contributed by atoms with Crippen molar-refractivity contribution >= 4 is 29.2 Å². The van der Waals surface area contributed by atoms with Crippen LogP contribution in [0.4, 0.5) is 10.1 Å². The molecule has 134 valence electrons. The fourth-order valence-electron chi connectivity index (χ4n) is 2.50. The van der Waals surface area contributed by atoms with Gasteiger partial charge in [0.1, 0.15) is 11.5 Å². The van der Waals surface area contributed by atoms with Crippen LogP contribution in [0, 0.1) is 19.7 Å². The number of aryl methyl sites for hydroxylation is 2. The highest BCUT2D eigenvalue weighted by atomic mass is 35.5. The van der Waals surface area contributed by atoms with Crippen molar-refractivity contribution in [2.24, 2.45) is 0 Å². The third kappa shape index (κ3) is 3.55. The highest BCUT2D eigenvalue weighted by molar-refractivity contribution is 6.42. The molecule has 1 aliphatic rings. The van der Waals surface area contributed by atoms with E-state index >= 15 is 0 Å². The van der Waals surface area contributed by atoms with Crippen LogP contribution in [-0.2, 0) is 14.3 Å². The van der Waals surface area contributed by atoms with E-state index in [1.165, 1.54) is 18.2 Å². The molecule has 1 atom stereocenters. The molecule has 1 unspecified atom stereocenters. The number of nitrogens with one attached hydrogen (secondary N) is 1. The van der Waals surface area contributed by atoms with E-state index in [1.807, 2.05) is 26.0 Å². The Hall–Kier alpha value is -2.86. The van der Waals surface area contributed by atoms with Crippen LogP contribution in [0.25, 0.3) is 0 Å². The second-order valence-corrected chi connectivity index (χ2v) is 6.17. The molecule has 0 saturated heterocycles. The van der Waals surface area contributed by atoms with Gasteiger partial charge < -0.3 is 14.8 Å². The van der Waals surface area contributed by atoms with Crippen LogP contribution in [0.3, 0.4) is 0 Å². The quantitative estimate of drug-likeness (QED) is 0.817. The lowest BCUT2D eigenvalue weighted by atomic mass is 10.1. The van der Waals surface area contributed by atoms with Crippen molar-refractivity contribution in [3.05, 3.63) is 75.7 Å². The SMILES string of the molecule is Cc1ccc(NC2=C(Cl)C(=O)OC2OC(=O)c2ccccc2F)c(C)c1. The molecule has 0 radical (unpaired) electrons. The molecule has 2 aromatic rings. The van der Waals surface area contributed by atoms with E-state index in [1.54, 1.807) is 6.07 Å². The summed E-state index contributed by atoms with van der Waals surface area (Å²) in [6.45, 7) is 3.83. The first-order valence-corrected chi connectivity index (χ1v) is 8.15. The molecule has 0 saturated carbocycles. The van der Waals surface area contributed by atoms with Gasteiger partial charge in [-0.1, -0.05) is 41.4 Å². The number of cyclic esters (lactones) is 1. The predicted octanol–water partition coefficient (Wildman–Crippen LogP) is 4.04. The van der Waals surface area contributed by atoms with Gasteiger partial charge in [-0.25, -0.2) is 14.0 Å². The summed E-state index contributed by atoms with van der Waals surface area (Å²) in [6, 6.07) is 11.0. The maximum absolute atomic E-state index is 13.7. The normalized spacial score (nSPS) is 16.5. The van der Waals surface area contributed by atoms with Gasteiger partial charge in [-0.3, -0.25) is 0 Å². The molecular formula is C19H15ClFNO4. The molecule has 0 fully saturated rings. The molecule has 5 nitrogen and oxygen atoms in total. The fraction of sp³-hybridized carbons (Fsp3) is 0.158. The van der Waals surface area contributed by atoms with Crippen molar-refractivity contribution in [2.75, 3.05) is 5.32 Å². The zero-order valence-corrected chi connectivity index (χ0v) is 14.8. The molecular weight excluding hydrogens is 361 g/mol. The molecule has 0 bridgehead atoms. The van der Waals surface area contributed by atoms with Gasteiger partial charge in [-0.15, -0.1) is 0 Å². The molecule has 7 heteroatoms. The molecule has 3 rings (SSSR count). The number of hydrogen-bond acceptors (Lipinski definition) is 5. The van der Waals surface area contributed by atoms with Crippen LogP contribution in [-0.4, -0.2) is 18.2 Å². The largest absolute Gasteiger partial charge is 0.415 e. The van der Waals surface area contributed by atoms with Gasteiger partial charge in [-0.2, -0.15) is 0 Å². The third-order valence-corrected chi connectivity index (χ3v) is 4.18. The summed E-state index contributed by atoms with van der Waals surface area (Å²) in [5.41, 5.74) is 2.47. The van der Waals surface area contributed by atoms with Gasteiger partial charge in [0.25, 0.3) is 6.29 Å². The fourth-order valence-corrected chi connectivity index (χ4v) is 2.69. The Bertz CT molecular complexity index is 926. The zero-order chi connectivity index (χ0) is 18.8. The van der Waals surface area contributed by atoms with E-state index in [0.717, 1.165) is 17.2 Å². The summed E-state index contributed by atoms with van der Waals surface area (Å²) in [5.74, 6) is -2.53. The lowest BCUT2D eigenvalue weighted by Crippen LogP contribution is -2.24. The predicted molar refractivity (Wildman–Crippen MR) is 94.1 cm³/mol. The number of carbonyl (C=O) groups is 2. The Morgan fingerprint density at radius 1 is 1.23 bits per heavy atom. The first kappa shape index (κ1) is 17.9. The van der Waals surface area contributed by atoms with Crippen LogP contribution in [0.15, 0.2) is 53.2 Å². The van der Waals surface area contributed by atoms with E-state index in [0.29, 0.717) is 5.69 Å². The van der Waals surface area contributed by atoms with Crippen LogP contribution >= 0.6 is 11.6 Å². The maximum Gasteiger partial charge on any atom is 0.355 e. The van der Waals surface area contributed by atoms with E-state index in [4.69, 9.17) is 21.1 Å². The second kappa shape index (κ2) is 7.17. The Kier molecular flexibility index (Phi) is 4.95. The number of ether oxygens (including phenoxy) is 2. The minimum Gasteiger partial charge on any atom is -0.415 e. The highest BCUT2D eigenvalue weighted by Gasteiger charge is 2.37. The number of halogens is 2. The summed E-state index contributed by atoms with van der Waals surface area (Å²) in [4.78, 5) is 24.0. The first-order chi connectivity index (χ1) is 12.4. The van der Waals surface area contributed by atoms with Gasteiger partial charge in [0.2, 0.25) is 0 Å². The van der Waals surface area contributed by atoms with Crippen molar-refractivity contribution in [3.63, 3.8) is 0 Å². The lowest BCUT2D eigenvalue weighted by molar-refractivity contribution is -0.152. The molecule has 26 heavy (non-hydrogen) atoms. The molecule has 0 amide bonds. The lowest BCUT2D eigenvalue weighted by Gasteiger charge is -2.17. The number of anilines is 1. The Morgan fingerprint density at radius 3 is 2.65 bits per heavy atom. The van der Waals surface area contributed by atoms with Crippen LogP contribution in [0.5, 0.6) is 0 Å². The summed E-state index contributed by atoms with van der Waals surface area (Å²) in [6.07, 6.45) is -1.39. The average molecular weight is 376 g/mol. The van der Waals surface area contributed by atoms with Crippen molar-refractivity contribution in [1.82, 2.24) is 0 Å². The number of benzene rings is 2. The van der Waals surface area contributed by atoms with Crippen molar-refractivity contribution in [1.29, 1.82) is 0 Å². The Balaban J connectivity index is 1.84. The van der Waals surface area contributed by atoms with E-state index in [2.05, 4.69) is 5.32 Å². The molecule has 1 N–H and O–H groups in total. The van der Waals surface area contributed by atoms with Crippen molar-refractivity contribution < 1.29 is 23.5 Å². The summed E-state index contributed by atoms with van der Waals surface area (Å²) in [5, 5.41) is 2.74. The molecule has 0 aliphatic carbocycles. The van der Waals surface area contributed by atoms with Crippen LogP contribution < -0.4 is 5.32 Å². The highest BCUT2D eigenvalue weighted by Crippen LogP contribution is 2.30. The summed E-state index contributed by atoms with van der Waals surface area (Å²) in [7, 11) is 0. The minimum atomic E-state index is -1.39.